The molecule has 0 bridgehead atoms. The van der Waals surface area contributed by atoms with Gasteiger partial charge in [-0.25, -0.2) is 4.39 Å². The minimum absolute atomic E-state index is 0.0964. The Kier molecular flexibility index (Phi) is 4.01. The van der Waals surface area contributed by atoms with Crippen LogP contribution in [0.2, 0.25) is 0 Å². The second-order valence-electron chi connectivity index (χ2n) is 6.00. The van der Waals surface area contributed by atoms with E-state index < -0.39 is 5.82 Å². The molecule has 2 aromatic heterocycles. The molecule has 1 amide bonds. The molecule has 0 radical (unpaired) electrons. The maximum Gasteiger partial charge on any atom is 0.256 e. The number of fused-ring (bicyclic) bond motifs is 1. The van der Waals surface area contributed by atoms with E-state index in [9.17, 15) is 9.18 Å². The average Bonchev–Trinajstić information content (AvgIpc) is 3.09. The Labute approximate surface area is 144 Å². The summed E-state index contributed by atoms with van der Waals surface area (Å²) in [4.78, 5) is 22.8. The Morgan fingerprint density at radius 1 is 1.24 bits per heavy atom. The highest BCUT2D eigenvalue weighted by atomic mass is 19.1. The molecule has 1 aromatic carbocycles. The molecular weight excluding hydrogens is 321 g/mol. The quantitative estimate of drug-likeness (QED) is 0.737. The van der Waals surface area contributed by atoms with Gasteiger partial charge in [-0.3, -0.25) is 14.8 Å². The fraction of sp³-hybridized carbons (Fsp3) is 0.211. The maximum absolute atomic E-state index is 13.9. The number of ether oxygens (including phenoxy) is 1. The van der Waals surface area contributed by atoms with Crippen molar-refractivity contribution in [2.75, 3.05) is 13.1 Å². The van der Waals surface area contributed by atoms with Gasteiger partial charge in [0.2, 0.25) is 0 Å². The number of amides is 1. The number of carbonyl (C=O) groups is 1. The molecular formula is C19H16FN3O2. The fourth-order valence-electron chi connectivity index (χ4n) is 3.11. The second-order valence-corrected chi connectivity index (χ2v) is 6.00. The molecule has 1 aliphatic rings. The van der Waals surface area contributed by atoms with Crippen molar-refractivity contribution in [1.82, 2.24) is 14.9 Å². The number of nitrogens with zero attached hydrogens (tertiary/aromatic N) is 3. The van der Waals surface area contributed by atoms with Crippen LogP contribution in [-0.4, -0.2) is 40.0 Å². The number of pyridine rings is 2. The minimum Gasteiger partial charge on any atom is -0.487 e. The molecule has 0 saturated carbocycles. The molecule has 4 rings (SSSR count). The number of carbonyl (C=O) groups excluding carboxylic acids is 1. The van der Waals surface area contributed by atoms with Gasteiger partial charge >= 0.3 is 0 Å². The molecule has 3 aromatic rings. The third kappa shape index (κ3) is 3.15. The third-order valence-electron chi connectivity index (χ3n) is 4.27. The van der Waals surface area contributed by atoms with E-state index in [4.69, 9.17) is 4.74 Å². The van der Waals surface area contributed by atoms with E-state index in [0.717, 1.165) is 6.42 Å². The normalized spacial score (nSPS) is 17.0. The van der Waals surface area contributed by atoms with E-state index in [1.54, 1.807) is 41.7 Å². The lowest BCUT2D eigenvalue weighted by atomic mass is 10.1. The summed E-state index contributed by atoms with van der Waals surface area (Å²) in [6.07, 6.45) is 5.56. The standard InChI is InChI=1S/C19H16FN3O2/c20-14-9-13-3-1-7-22-18(13)17(10-14)19(24)23-8-5-16(12-23)25-15-4-2-6-21-11-15/h1-4,6-7,9-11,16H,5,8,12H2. The summed E-state index contributed by atoms with van der Waals surface area (Å²) in [5, 5.41) is 0.619. The Morgan fingerprint density at radius 3 is 2.96 bits per heavy atom. The summed E-state index contributed by atoms with van der Waals surface area (Å²) in [6.45, 7) is 1.02. The lowest BCUT2D eigenvalue weighted by Gasteiger charge is -2.18. The zero-order valence-corrected chi connectivity index (χ0v) is 13.4. The Hall–Kier alpha value is -3.02. The van der Waals surface area contributed by atoms with Crippen LogP contribution < -0.4 is 4.74 Å². The first-order valence-corrected chi connectivity index (χ1v) is 8.11. The molecule has 1 aliphatic heterocycles. The number of hydrogen-bond donors (Lipinski definition) is 0. The first-order chi connectivity index (χ1) is 12.2. The van der Waals surface area contributed by atoms with Gasteiger partial charge in [0.1, 0.15) is 17.7 Å². The number of aromatic nitrogens is 2. The lowest BCUT2D eigenvalue weighted by Crippen LogP contribution is -2.31. The summed E-state index contributed by atoms with van der Waals surface area (Å²) >= 11 is 0. The monoisotopic (exact) mass is 337 g/mol. The lowest BCUT2D eigenvalue weighted by molar-refractivity contribution is 0.0773. The number of hydrogen-bond acceptors (Lipinski definition) is 4. The molecule has 6 heteroatoms. The molecule has 25 heavy (non-hydrogen) atoms. The van der Waals surface area contributed by atoms with Gasteiger partial charge in [-0.15, -0.1) is 0 Å². The topological polar surface area (TPSA) is 55.3 Å². The van der Waals surface area contributed by atoms with Crippen molar-refractivity contribution in [3.8, 4) is 5.75 Å². The highest BCUT2D eigenvalue weighted by molar-refractivity contribution is 6.05. The van der Waals surface area contributed by atoms with Crippen molar-refractivity contribution < 1.29 is 13.9 Å². The molecule has 1 saturated heterocycles. The smallest absolute Gasteiger partial charge is 0.256 e. The van der Waals surface area contributed by atoms with Crippen molar-refractivity contribution in [1.29, 1.82) is 0 Å². The van der Waals surface area contributed by atoms with Gasteiger partial charge in [-0.1, -0.05) is 6.07 Å². The predicted molar refractivity (Wildman–Crippen MR) is 90.9 cm³/mol. The van der Waals surface area contributed by atoms with Crippen LogP contribution in [0, 0.1) is 5.82 Å². The van der Waals surface area contributed by atoms with Crippen molar-refractivity contribution in [3.05, 3.63) is 66.4 Å². The first-order valence-electron chi connectivity index (χ1n) is 8.11. The van der Waals surface area contributed by atoms with Crippen LogP contribution in [0.25, 0.3) is 10.9 Å². The van der Waals surface area contributed by atoms with Gasteiger partial charge in [-0.2, -0.15) is 0 Å². The van der Waals surface area contributed by atoms with Gasteiger partial charge in [0, 0.05) is 30.7 Å². The van der Waals surface area contributed by atoms with Crippen LogP contribution in [0.1, 0.15) is 16.8 Å². The minimum atomic E-state index is -0.439. The van der Waals surface area contributed by atoms with Crippen molar-refractivity contribution in [3.63, 3.8) is 0 Å². The number of benzene rings is 1. The largest absolute Gasteiger partial charge is 0.487 e. The number of rotatable bonds is 3. The van der Waals surface area contributed by atoms with Gasteiger partial charge in [-0.05, 0) is 30.3 Å². The second kappa shape index (κ2) is 6.47. The van der Waals surface area contributed by atoms with Gasteiger partial charge in [0.25, 0.3) is 5.91 Å². The van der Waals surface area contributed by atoms with Crippen LogP contribution in [-0.2, 0) is 0 Å². The third-order valence-corrected chi connectivity index (χ3v) is 4.27. The Morgan fingerprint density at radius 2 is 2.12 bits per heavy atom. The van der Waals surface area contributed by atoms with Gasteiger partial charge in [0.05, 0.1) is 23.8 Å². The first kappa shape index (κ1) is 15.5. The van der Waals surface area contributed by atoms with E-state index in [-0.39, 0.29) is 17.6 Å². The molecule has 1 fully saturated rings. The molecule has 0 N–H and O–H groups in total. The van der Waals surface area contributed by atoms with E-state index >= 15 is 0 Å². The molecule has 1 unspecified atom stereocenters. The van der Waals surface area contributed by atoms with Crippen LogP contribution in [0.3, 0.4) is 0 Å². The molecule has 0 spiro atoms. The summed E-state index contributed by atoms with van der Waals surface area (Å²) in [5.41, 5.74) is 0.808. The van der Waals surface area contributed by atoms with Crippen LogP contribution in [0.15, 0.2) is 55.0 Å². The summed E-state index contributed by atoms with van der Waals surface area (Å²) in [7, 11) is 0. The number of halogens is 1. The van der Waals surface area contributed by atoms with Gasteiger partial charge in [0.15, 0.2) is 0 Å². The van der Waals surface area contributed by atoms with Crippen molar-refractivity contribution in [2.24, 2.45) is 0 Å². The number of likely N-dealkylation sites (tertiary alicyclic amines) is 1. The van der Waals surface area contributed by atoms with E-state index in [1.165, 1.54) is 12.1 Å². The highest BCUT2D eigenvalue weighted by Crippen LogP contribution is 2.23. The zero-order chi connectivity index (χ0) is 17.2. The summed E-state index contributed by atoms with van der Waals surface area (Å²) in [5.74, 6) is 0.0198. The average molecular weight is 337 g/mol. The van der Waals surface area contributed by atoms with Crippen molar-refractivity contribution >= 4 is 16.8 Å². The summed E-state index contributed by atoms with van der Waals surface area (Å²) < 4.78 is 19.7. The van der Waals surface area contributed by atoms with Crippen molar-refractivity contribution in [2.45, 2.75) is 12.5 Å². The SMILES string of the molecule is O=C(c1cc(F)cc2cccnc12)N1CCC(Oc2cccnc2)C1. The van der Waals surface area contributed by atoms with Crippen LogP contribution >= 0.6 is 0 Å². The Balaban J connectivity index is 1.54. The Bertz CT molecular complexity index is 917. The van der Waals surface area contributed by atoms with Crippen LogP contribution in [0.4, 0.5) is 4.39 Å². The molecule has 126 valence electrons. The molecule has 5 nitrogen and oxygen atoms in total. The summed E-state index contributed by atoms with van der Waals surface area (Å²) in [6, 6.07) is 9.76. The van der Waals surface area contributed by atoms with Crippen LogP contribution in [0.5, 0.6) is 5.75 Å². The van der Waals surface area contributed by atoms with Gasteiger partial charge < -0.3 is 9.64 Å². The van der Waals surface area contributed by atoms with E-state index in [1.807, 2.05) is 6.07 Å². The van der Waals surface area contributed by atoms with E-state index in [0.29, 0.717) is 29.7 Å². The highest BCUT2D eigenvalue weighted by Gasteiger charge is 2.29. The molecule has 3 heterocycles. The van der Waals surface area contributed by atoms with E-state index in [2.05, 4.69) is 9.97 Å². The molecule has 1 atom stereocenters. The maximum atomic E-state index is 13.9. The fourth-order valence-corrected chi connectivity index (χ4v) is 3.11. The molecule has 0 aliphatic carbocycles. The zero-order valence-electron chi connectivity index (χ0n) is 13.4. The predicted octanol–water partition coefficient (Wildman–Crippen LogP) is 3.06.